The van der Waals surface area contributed by atoms with Crippen molar-refractivity contribution >= 4 is 28.4 Å². The van der Waals surface area contributed by atoms with Gasteiger partial charge < -0.3 is 10.4 Å². The molecule has 0 amide bonds. The highest BCUT2D eigenvalue weighted by atomic mass is 35.5. The van der Waals surface area contributed by atoms with Crippen molar-refractivity contribution in [1.82, 2.24) is 15.4 Å². The fourth-order valence-electron chi connectivity index (χ4n) is 4.83. The number of piperidine rings is 1. The molecule has 0 aromatic heterocycles. The van der Waals surface area contributed by atoms with Gasteiger partial charge in [0.25, 0.3) is 0 Å². The van der Waals surface area contributed by atoms with E-state index in [-0.39, 0.29) is 12.4 Å². The highest BCUT2D eigenvalue weighted by Crippen LogP contribution is 2.24. The van der Waals surface area contributed by atoms with Crippen LogP contribution in [0.15, 0.2) is 23.4 Å². The maximum atomic E-state index is 12.5. The molecule has 2 aliphatic heterocycles. The van der Waals surface area contributed by atoms with Crippen LogP contribution in [0.4, 0.5) is 0 Å². The number of nitrogens with one attached hydrogen (secondary N) is 3. The third kappa shape index (κ3) is 8.36. The molecule has 2 atom stereocenters. The summed E-state index contributed by atoms with van der Waals surface area (Å²) in [4.78, 5) is 11.6. The SMILES string of the molecule is Cl.O=C(O)[C@H](CCCCCCCC1=CC=C2CCCNC2N1)NS(=O)(=O)C1CCCCC1. The van der Waals surface area contributed by atoms with E-state index in [2.05, 4.69) is 27.5 Å². The molecule has 2 fully saturated rings. The summed E-state index contributed by atoms with van der Waals surface area (Å²) < 4.78 is 27.5. The lowest BCUT2D eigenvalue weighted by Gasteiger charge is -2.32. The van der Waals surface area contributed by atoms with Crippen molar-refractivity contribution in [3.63, 3.8) is 0 Å². The van der Waals surface area contributed by atoms with Crippen LogP contribution < -0.4 is 15.4 Å². The first kappa shape index (κ1) is 27.2. The van der Waals surface area contributed by atoms with E-state index in [0.29, 0.717) is 25.4 Å². The van der Waals surface area contributed by atoms with Crippen molar-refractivity contribution in [2.24, 2.45) is 0 Å². The van der Waals surface area contributed by atoms with E-state index >= 15 is 0 Å². The smallest absolute Gasteiger partial charge is 0.321 e. The first-order valence-corrected chi connectivity index (χ1v) is 13.6. The predicted molar refractivity (Wildman–Crippen MR) is 130 cm³/mol. The van der Waals surface area contributed by atoms with Crippen molar-refractivity contribution in [2.45, 2.75) is 107 Å². The monoisotopic (exact) mass is 489 g/mol. The van der Waals surface area contributed by atoms with E-state index in [1.165, 1.54) is 24.1 Å². The van der Waals surface area contributed by atoms with Crippen LogP contribution in [0.25, 0.3) is 0 Å². The summed E-state index contributed by atoms with van der Waals surface area (Å²) in [6.45, 7) is 1.07. The highest BCUT2D eigenvalue weighted by molar-refractivity contribution is 7.90. The second kappa shape index (κ2) is 13.6. The van der Waals surface area contributed by atoms with E-state index in [1.54, 1.807) is 0 Å². The minimum atomic E-state index is -3.55. The molecule has 3 aliphatic rings. The Morgan fingerprint density at radius 2 is 1.78 bits per heavy atom. The Kier molecular flexibility index (Phi) is 11.5. The van der Waals surface area contributed by atoms with Gasteiger partial charge in [0.2, 0.25) is 10.0 Å². The molecule has 3 rings (SSSR count). The molecule has 1 saturated carbocycles. The second-order valence-electron chi connectivity index (χ2n) is 9.19. The normalized spacial score (nSPS) is 22.6. The third-order valence-electron chi connectivity index (χ3n) is 6.72. The Morgan fingerprint density at radius 1 is 1.06 bits per heavy atom. The fraction of sp³-hybridized carbons (Fsp3) is 0.783. The zero-order chi connectivity index (χ0) is 22.1. The topological polar surface area (TPSA) is 108 Å². The molecule has 1 unspecified atom stereocenters. The number of sulfonamides is 1. The number of carbonyl (C=O) groups is 1. The number of unbranched alkanes of at least 4 members (excludes halogenated alkanes) is 4. The van der Waals surface area contributed by atoms with Crippen molar-refractivity contribution in [1.29, 1.82) is 0 Å². The molecule has 184 valence electrons. The molecular weight excluding hydrogens is 450 g/mol. The van der Waals surface area contributed by atoms with Gasteiger partial charge in [-0.1, -0.05) is 51.0 Å². The van der Waals surface area contributed by atoms with E-state index in [9.17, 15) is 18.3 Å². The average molecular weight is 490 g/mol. The molecule has 1 saturated heterocycles. The third-order valence-corrected chi connectivity index (χ3v) is 8.69. The standard InChI is InChI=1S/C23H39N3O4S.ClH/c27-23(28)21(26-31(29,30)20-12-6-4-7-13-20)14-8-3-1-2-5-11-19-16-15-18-10-9-17-24-22(18)25-19;/h15-16,20-22,24-26H,1-14,17H2,(H,27,28);1H/t21-,22?;/m0./s1. The molecule has 0 bridgehead atoms. The lowest BCUT2D eigenvalue weighted by molar-refractivity contribution is -0.139. The van der Waals surface area contributed by atoms with E-state index in [0.717, 1.165) is 64.3 Å². The predicted octanol–water partition coefficient (Wildman–Crippen LogP) is 3.97. The maximum absolute atomic E-state index is 12.5. The summed E-state index contributed by atoms with van der Waals surface area (Å²) >= 11 is 0. The Morgan fingerprint density at radius 3 is 2.53 bits per heavy atom. The lowest BCUT2D eigenvalue weighted by Crippen LogP contribution is -2.47. The van der Waals surface area contributed by atoms with Crippen molar-refractivity contribution in [2.75, 3.05) is 6.54 Å². The zero-order valence-corrected chi connectivity index (χ0v) is 20.6. The quantitative estimate of drug-likeness (QED) is 0.309. The minimum absolute atomic E-state index is 0. The molecule has 0 aromatic rings. The van der Waals surface area contributed by atoms with Gasteiger partial charge in [0.15, 0.2) is 0 Å². The Labute approximate surface area is 199 Å². The first-order chi connectivity index (χ1) is 15.0. The summed E-state index contributed by atoms with van der Waals surface area (Å²) in [7, 11) is -3.55. The van der Waals surface area contributed by atoms with Crippen LogP contribution >= 0.6 is 12.4 Å². The number of allylic oxidation sites excluding steroid dienone is 3. The number of aliphatic carboxylic acids is 1. The van der Waals surface area contributed by atoms with Gasteiger partial charge in [-0.2, -0.15) is 0 Å². The van der Waals surface area contributed by atoms with Crippen molar-refractivity contribution in [3.8, 4) is 0 Å². The number of hydrogen-bond donors (Lipinski definition) is 4. The van der Waals surface area contributed by atoms with Gasteiger partial charge in [0.05, 0.1) is 11.4 Å². The van der Waals surface area contributed by atoms with Gasteiger partial charge in [0.1, 0.15) is 6.04 Å². The fourth-order valence-corrected chi connectivity index (χ4v) is 6.59. The highest BCUT2D eigenvalue weighted by Gasteiger charge is 2.31. The minimum Gasteiger partial charge on any atom is -0.480 e. The van der Waals surface area contributed by atoms with Crippen LogP contribution in [0.2, 0.25) is 0 Å². The van der Waals surface area contributed by atoms with Crippen LogP contribution in [0.5, 0.6) is 0 Å². The number of dihydropyridines is 1. The molecule has 0 spiro atoms. The molecule has 0 radical (unpaired) electrons. The van der Waals surface area contributed by atoms with Gasteiger partial charge >= 0.3 is 5.97 Å². The number of fused-ring (bicyclic) bond motifs is 1. The first-order valence-electron chi connectivity index (χ1n) is 12.1. The van der Waals surface area contributed by atoms with Crippen LogP contribution in [0.1, 0.15) is 89.9 Å². The van der Waals surface area contributed by atoms with E-state index in [4.69, 9.17) is 0 Å². The molecule has 2 heterocycles. The number of halogens is 1. The largest absolute Gasteiger partial charge is 0.480 e. The summed E-state index contributed by atoms with van der Waals surface area (Å²) in [5, 5.41) is 16.1. The number of hydrogen-bond acceptors (Lipinski definition) is 5. The van der Waals surface area contributed by atoms with Crippen molar-refractivity contribution < 1.29 is 18.3 Å². The summed E-state index contributed by atoms with van der Waals surface area (Å²) in [6, 6.07) is -1.01. The maximum Gasteiger partial charge on any atom is 0.321 e. The number of carboxylic acids is 1. The number of carboxylic acid groups (broad SMARTS) is 1. The van der Waals surface area contributed by atoms with Crippen LogP contribution in [0, 0.1) is 0 Å². The Bertz CT molecular complexity index is 763. The van der Waals surface area contributed by atoms with Crippen LogP contribution in [0.3, 0.4) is 0 Å². The second-order valence-corrected chi connectivity index (χ2v) is 11.2. The van der Waals surface area contributed by atoms with Gasteiger partial charge in [-0.15, -0.1) is 12.4 Å². The van der Waals surface area contributed by atoms with Crippen LogP contribution in [-0.2, 0) is 14.8 Å². The Hall–Kier alpha value is -1.09. The molecule has 0 aromatic carbocycles. The van der Waals surface area contributed by atoms with E-state index in [1.807, 2.05) is 0 Å². The van der Waals surface area contributed by atoms with E-state index < -0.39 is 27.3 Å². The lowest BCUT2D eigenvalue weighted by atomic mass is 9.98. The molecule has 32 heavy (non-hydrogen) atoms. The summed E-state index contributed by atoms with van der Waals surface area (Å²) in [5.74, 6) is -1.07. The number of rotatable bonds is 12. The molecular formula is C23H40ClN3O4S. The summed E-state index contributed by atoms with van der Waals surface area (Å²) in [5.41, 5.74) is 2.73. The summed E-state index contributed by atoms with van der Waals surface area (Å²) in [6.07, 6.45) is 17.6. The molecule has 7 nitrogen and oxygen atoms in total. The van der Waals surface area contributed by atoms with Gasteiger partial charge in [0, 0.05) is 5.70 Å². The van der Waals surface area contributed by atoms with Gasteiger partial charge in [-0.3, -0.25) is 10.1 Å². The van der Waals surface area contributed by atoms with Gasteiger partial charge in [-0.25, -0.2) is 13.1 Å². The van der Waals surface area contributed by atoms with Crippen molar-refractivity contribution in [3.05, 3.63) is 23.4 Å². The molecule has 4 N–H and O–H groups in total. The van der Waals surface area contributed by atoms with Crippen LogP contribution in [-0.4, -0.2) is 43.5 Å². The van der Waals surface area contributed by atoms with Gasteiger partial charge in [-0.05, 0) is 63.1 Å². The molecule has 9 heteroatoms. The molecule has 1 aliphatic carbocycles. The Balaban J connectivity index is 0.00000363. The average Bonchev–Trinajstić information content (AvgIpc) is 2.78. The zero-order valence-electron chi connectivity index (χ0n) is 19.0.